The first-order valence-electron chi connectivity index (χ1n) is 7.01. The normalized spacial score (nSPS) is 18.4. The molecule has 0 aromatic heterocycles. The summed E-state index contributed by atoms with van der Waals surface area (Å²) in [6.45, 7) is 6.05. The number of rotatable bonds is 3. The van der Waals surface area contributed by atoms with Gasteiger partial charge in [0.05, 0.1) is 0 Å². The maximum atomic E-state index is 13.5. The average molecular weight is 323 g/mol. The smallest absolute Gasteiger partial charge is 0.314 e. The lowest BCUT2D eigenvalue weighted by Gasteiger charge is -2.36. The molecule has 1 fully saturated rings. The molecule has 1 aromatic carbocycles. The Balaban J connectivity index is 0.00000220. The van der Waals surface area contributed by atoms with Gasteiger partial charge >= 0.3 is 6.18 Å². The van der Waals surface area contributed by atoms with Crippen LogP contribution in [0.15, 0.2) is 24.3 Å². The maximum Gasteiger partial charge on any atom is 0.408 e. The Morgan fingerprint density at radius 2 is 1.67 bits per heavy atom. The molecule has 1 aromatic rings. The molecule has 0 amide bonds. The van der Waals surface area contributed by atoms with Gasteiger partial charge in [-0.15, -0.1) is 12.4 Å². The Bertz CT molecular complexity index is 443. The molecule has 120 valence electrons. The summed E-state index contributed by atoms with van der Waals surface area (Å²) in [6, 6.07) is 5.41. The molecule has 1 saturated heterocycles. The van der Waals surface area contributed by atoms with E-state index in [4.69, 9.17) is 0 Å². The number of benzene rings is 1. The Labute approximate surface area is 130 Å². The van der Waals surface area contributed by atoms with E-state index in [1.807, 2.05) is 19.9 Å². The molecule has 0 unspecified atom stereocenters. The molecule has 1 atom stereocenters. The zero-order chi connectivity index (χ0) is 14.8. The summed E-state index contributed by atoms with van der Waals surface area (Å²) in [4.78, 5) is 1.52. The van der Waals surface area contributed by atoms with Crippen LogP contribution in [0.2, 0.25) is 0 Å². The van der Waals surface area contributed by atoms with E-state index in [1.54, 1.807) is 18.2 Å². The zero-order valence-electron chi connectivity index (χ0n) is 12.3. The highest BCUT2D eigenvalue weighted by molar-refractivity contribution is 5.85. The first-order chi connectivity index (χ1) is 9.39. The monoisotopic (exact) mass is 322 g/mol. The Morgan fingerprint density at radius 1 is 1.10 bits per heavy atom. The topological polar surface area (TPSA) is 15.3 Å². The molecule has 1 N–H and O–H groups in total. The van der Waals surface area contributed by atoms with Gasteiger partial charge in [0.25, 0.3) is 0 Å². The summed E-state index contributed by atoms with van der Waals surface area (Å²) < 4.78 is 40.4. The van der Waals surface area contributed by atoms with E-state index in [2.05, 4.69) is 5.32 Å². The highest BCUT2D eigenvalue weighted by Gasteiger charge is 2.44. The summed E-state index contributed by atoms with van der Waals surface area (Å²) in [5.74, 6) is 0.229. The van der Waals surface area contributed by atoms with Crippen LogP contribution in [0, 0.1) is 0 Å². The third-order valence-electron chi connectivity index (χ3n) is 3.72. The molecule has 2 nitrogen and oxygen atoms in total. The van der Waals surface area contributed by atoms with Gasteiger partial charge in [0, 0.05) is 26.2 Å². The van der Waals surface area contributed by atoms with Gasteiger partial charge in [0.15, 0.2) is 0 Å². The van der Waals surface area contributed by atoms with Crippen molar-refractivity contribution in [3.05, 3.63) is 35.4 Å². The van der Waals surface area contributed by atoms with Crippen molar-refractivity contribution in [1.82, 2.24) is 10.2 Å². The van der Waals surface area contributed by atoms with Crippen molar-refractivity contribution in [2.75, 3.05) is 26.2 Å². The lowest BCUT2D eigenvalue weighted by Crippen LogP contribution is -2.49. The molecule has 0 spiro atoms. The molecule has 6 heteroatoms. The summed E-state index contributed by atoms with van der Waals surface area (Å²) in [7, 11) is 0. The average Bonchev–Trinajstić information content (AvgIpc) is 2.39. The number of nitrogens with one attached hydrogen (secondary N) is 1. The zero-order valence-corrected chi connectivity index (χ0v) is 13.1. The highest BCUT2D eigenvalue weighted by Crippen LogP contribution is 2.38. The van der Waals surface area contributed by atoms with Crippen LogP contribution in [0.1, 0.15) is 36.9 Å². The van der Waals surface area contributed by atoms with Crippen molar-refractivity contribution in [3.8, 4) is 0 Å². The van der Waals surface area contributed by atoms with Gasteiger partial charge < -0.3 is 5.32 Å². The number of nitrogens with zero attached hydrogens (tertiary/aromatic N) is 1. The van der Waals surface area contributed by atoms with E-state index in [0.717, 1.165) is 5.56 Å². The fraction of sp³-hybridized carbons (Fsp3) is 0.600. The maximum absolute atomic E-state index is 13.5. The standard InChI is InChI=1S/C15H21F3N2.ClH/c1-11(2)12-4-3-5-13(10-12)14(15(16,17)18)20-8-6-19-7-9-20;/h3-5,10-11,14,19H,6-9H2,1-2H3;1H/t14-;/m0./s1. The van der Waals surface area contributed by atoms with Gasteiger partial charge in [0.2, 0.25) is 0 Å². The highest BCUT2D eigenvalue weighted by atomic mass is 35.5. The number of hydrogen-bond donors (Lipinski definition) is 1. The second-order valence-electron chi connectivity index (χ2n) is 5.55. The van der Waals surface area contributed by atoms with Crippen LogP contribution in [0.4, 0.5) is 13.2 Å². The van der Waals surface area contributed by atoms with E-state index in [9.17, 15) is 13.2 Å². The van der Waals surface area contributed by atoms with Crippen LogP contribution >= 0.6 is 12.4 Å². The molecular formula is C15H22ClF3N2. The number of alkyl halides is 3. The van der Waals surface area contributed by atoms with Gasteiger partial charge in [-0.3, -0.25) is 4.90 Å². The van der Waals surface area contributed by atoms with E-state index < -0.39 is 12.2 Å². The largest absolute Gasteiger partial charge is 0.408 e. The molecule has 21 heavy (non-hydrogen) atoms. The molecule has 0 saturated carbocycles. The van der Waals surface area contributed by atoms with Crippen LogP contribution in [0.5, 0.6) is 0 Å². The predicted octanol–water partition coefficient (Wildman–Crippen LogP) is 3.74. The minimum atomic E-state index is -4.24. The number of halogens is 4. The Kier molecular flexibility index (Phi) is 6.50. The van der Waals surface area contributed by atoms with Crippen molar-refractivity contribution in [3.63, 3.8) is 0 Å². The van der Waals surface area contributed by atoms with E-state index in [1.165, 1.54) is 4.90 Å². The predicted molar refractivity (Wildman–Crippen MR) is 81.0 cm³/mol. The Morgan fingerprint density at radius 3 is 2.19 bits per heavy atom. The minimum absolute atomic E-state index is 0. The molecule has 1 aliphatic heterocycles. The molecule has 0 aliphatic carbocycles. The van der Waals surface area contributed by atoms with E-state index in [0.29, 0.717) is 31.7 Å². The quantitative estimate of drug-likeness (QED) is 0.912. The summed E-state index contributed by atoms with van der Waals surface area (Å²) in [5, 5.41) is 3.09. The lowest BCUT2D eigenvalue weighted by atomic mass is 9.96. The molecule has 1 heterocycles. The van der Waals surface area contributed by atoms with Crippen molar-refractivity contribution in [2.45, 2.75) is 32.0 Å². The van der Waals surface area contributed by atoms with Crippen LogP contribution in [0.25, 0.3) is 0 Å². The van der Waals surface area contributed by atoms with Crippen molar-refractivity contribution >= 4 is 12.4 Å². The third-order valence-corrected chi connectivity index (χ3v) is 3.72. The van der Waals surface area contributed by atoms with E-state index >= 15 is 0 Å². The van der Waals surface area contributed by atoms with Gasteiger partial charge in [-0.05, 0) is 17.0 Å². The van der Waals surface area contributed by atoms with Crippen LogP contribution in [0.3, 0.4) is 0 Å². The minimum Gasteiger partial charge on any atom is -0.314 e. The van der Waals surface area contributed by atoms with Crippen LogP contribution in [-0.2, 0) is 0 Å². The summed E-state index contributed by atoms with van der Waals surface area (Å²) in [5.41, 5.74) is 1.30. The first-order valence-corrected chi connectivity index (χ1v) is 7.01. The molecule has 0 bridgehead atoms. The first kappa shape index (κ1) is 18.3. The molecule has 2 rings (SSSR count). The van der Waals surface area contributed by atoms with Crippen LogP contribution < -0.4 is 5.32 Å². The van der Waals surface area contributed by atoms with Crippen molar-refractivity contribution in [2.24, 2.45) is 0 Å². The third kappa shape index (κ3) is 4.59. The van der Waals surface area contributed by atoms with Crippen molar-refractivity contribution < 1.29 is 13.2 Å². The Hall–Kier alpha value is -0.780. The molecule has 0 radical (unpaired) electrons. The fourth-order valence-corrected chi connectivity index (χ4v) is 2.64. The van der Waals surface area contributed by atoms with Crippen LogP contribution in [-0.4, -0.2) is 37.3 Å². The number of hydrogen-bond acceptors (Lipinski definition) is 2. The summed E-state index contributed by atoms with van der Waals surface area (Å²) >= 11 is 0. The van der Waals surface area contributed by atoms with Gasteiger partial charge in [-0.2, -0.15) is 13.2 Å². The fourth-order valence-electron chi connectivity index (χ4n) is 2.64. The second-order valence-corrected chi connectivity index (χ2v) is 5.55. The second kappa shape index (κ2) is 7.47. The number of piperazine rings is 1. The van der Waals surface area contributed by atoms with E-state index in [-0.39, 0.29) is 18.3 Å². The van der Waals surface area contributed by atoms with Crippen molar-refractivity contribution in [1.29, 1.82) is 0 Å². The SMILES string of the molecule is CC(C)c1cccc([C@H](N2CCNCC2)C(F)(F)F)c1.Cl. The van der Waals surface area contributed by atoms with Gasteiger partial charge in [-0.25, -0.2) is 0 Å². The molecular weight excluding hydrogens is 301 g/mol. The van der Waals surface area contributed by atoms with Gasteiger partial charge in [-0.1, -0.05) is 38.1 Å². The van der Waals surface area contributed by atoms with Gasteiger partial charge in [0.1, 0.15) is 6.04 Å². The summed E-state index contributed by atoms with van der Waals surface area (Å²) in [6.07, 6.45) is -4.24. The molecule has 1 aliphatic rings. The lowest BCUT2D eigenvalue weighted by molar-refractivity contribution is -0.187.